The van der Waals surface area contributed by atoms with Gasteiger partial charge in [0.25, 0.3) is 0 Å². The monoisotopic (exact) mass is 208 g/mol. The van der Waals surface area contributed by atoms with Crippen molar-refractivity contribution < 1.29 is 14.2 Å². The van der Waals surface area contributed by atoms with Crippen LogP contribution in [0.4, 0.5) is 0 Å². The molecule has 0 amide bonds. The number of ether oxygens (including phenoxy) is 3. The Labute approximate surface area is 82.2 Å². The van der Waals surface area contributed by atoms with Gasteiger partial charge in [-0.15, -0.1) is 0 Å². The van der Waals surface area contributed by atoms with Crippen LogP contribution in [0.2, 0.25) is 0 Å². The fourth-order valence-corrected chi connectivity index (χ4v) is 1.84. The van der Waals surface area contributed by atoms with Gasteiger partial charge in [-0.05, 0) is 0 Å². The maximum Gasteiger partial charge on any atom is 0.150 e. The first-order chi connectivity index (χ1) is 6.39. The Morgan fingerprint density at radius 1 is 0.692 bits per heavy atom. The van der Waals surface area contributed by atoms with Gasteiger partial charge >= 0.3 is 0 Å². The minimum atomic E-state index is -0.0417. The molecule has 1 fully saturated rings. The average molecular weight is 208 g/mol. The number of hydrogen-bond acceptors (Lipinski definition) is 4. The van der Waals surface area contributed by atoms with Crippen LogP contribution in [-0.4, -0.2) is 51.1 Å². The minimum absolute atomic E-state index is 0.0417. The molecule has 1 heterocycles. The van der Waals surface area contributed by atoms with E-state index in [2.05, 4.69) is 0 Å². The van der Waals surface area contributed by atoms with E-state index in [4.69, 9.17) is 19.3 Å². The number of hydrogen-bond donors (Lipinski definition) is 1. The van der Waals surface area contributed by atoms with Gasteiger partial charge in [-0.25, -0.2) is 0 Å². The summed E-state index contributed by atoms with van der Waals surface area (Å²) in [6.07, 6.45) is 0. The van der Waals surface area contributed by atoms with E-state index < -0.39 is 0 Å². The molecular weight excluding hydrogens is 190 g/mol. The molecule has 1 aliphatic heterocycles. The van der Waals surface area contributed by atoms with Gasteiger partial charge in [-0.3, -0.25) is 0 Å². The lowest BCUT2D eigenvalue weighted by Gasteiger charge is -2.08. The molecule has 0 aromatic heterocycles. The van der Waals surface area contributed by atoms with Crippen molar-refractivity contribution in [2.75, 3.05) is 51.1 Å². The summed E-state index contributed by atoms with van der Waals surface area (Å²) in [5, 5.41) is 5.85. The Morgan fingerprint density at radius 3 is 1.54 bits per heavy atom. The molecule has 0 bridgehead atoms. The lowest BCUT2D eigenvalue weighted by molar-refractivity contribution is 0.0191. The van der Waals surface area contributed by atoms with Crippen LogP contribution in [0.3, 0.4) is 0 Å². The second-order valence-electron chi connectivity index (χ2n) is 2.78. The molecule has 1 aliphatic rings. The van der Waals surface area contributed by atoms with E-state index in [-0.39, 0.29) is 11.1 Å². The zero-order valence-corrected chi connectivity index (χ0v) is 8.68. The summed E-state index contributed by atoms with van der Waals surface area (Å²) in [6, 6.07) is 0. The van der Waals surface area contributed by atoms with Gasteiger partial charge in [0.1, 0.15) is 0 Å². The average Bonchev–Trinajstić information content (AvgIpc) is 2.11. The smallest absolute Gasteiger partial charge is 0.150 e. The van der Waals surface area contributed by atoms with Crippen LogP contribution in [0.5, 0.6) is 0 Å². The summed E-state index contributed by atoms with van der Waals surface area (Å²) in [4.78, 5) is 0. The van der Waals surface area contributed by atoms with E-state index in [1.54, 1.807) is 0 Å². The molecule has 0 aromatic rings. The van der Waals surface area contributed by atoms with E-state index in [1.165, 1.54) is 0 Å². The first kappa shape index (κ1) is 11.3. The van der Waals surface area contributed by atoms with E-state index in [0.717, 1.165) is 24.7 Å². The molecule has 0 aromatic carbocycles. The summed E-state index contributed by atoms with van der Waals surface area (Å²) < 4.78 is 15.9. The summed E-state index contributed by atoms with van der Waals surface area (Å²) in [7, 11) is 0. The molecule has 0 spiro atoms. The van der Waals surface area contributed by atoms with E-state index >= 15 is 0 Å². The molecule has 5 heteroatoms. The highest BCUT2D eigenvalue weighted by Crippen LogP contribution is 1.91. The van der Waals surface area contributed by atoms with Crippen molar-refractivity contribution in [2.45, 2.75) is 0 Å². The normalized spacial score (nSPS) is 24.7. The summed E-state index contributed by atoms with van der Waals surface area (Å²) in [5.74, 6) is 1.87. The van der Waals surface area contributed by atoms with E-state index in [0.29, 0.717) is 26.4 Å². The molecule has 0 atom stereocenters. The molecule has 1 rings (SSSR count). The van der Waals surface area contributed by atoms with Crippen molar-refractivity contribution in [3.8, 4) is 0 Å². The van der Waals surface area contributed by atoms with Gasteiger partial charge in [0.05, 0.1) is 50.7 Å². The van der Waals surface area contributed by atoms with Crippen molar-refractivity contribution in [1.29, 1.82) is 0 Å². The quantitative estimate of drug-likeness (QED) is 0.547. The van der Waals surface area contributed by atoms with Crippen LogP contribution in [-0.2, 0) is 25.3 Å². The number of rotatable bonds is 0. The van der Waals surface area contributed by atoms with Crippen LogP contribution in [0.15, 0.2) is 0 Å². The molecule has 13 heavy (non-hydrogen) atoms. The van der Waals surface area contributed by atoms with Crippen LogP contribution >= 0.6 is 0 Å². The molecule has 0 saturated carbocycles. The minimum Gasteiger partial charge on any atom is -0.377 e. The lowest BCUT2D eigenvalue weighted by atomic mass is 10.7. The first-order valence-corrected chi connectivity index (χ1v) is 6.17. The lowest BCUT2D eigenvalue weighted by Crippen LogP contribution is -2.28. The first-order valence-electron chi connectivity index (χ1n) is 4.55. The van der Waals surface area contributed by atoms with Crippen LogP contribution in [0, 0.1) is 0 Å². The van der Waals surface area contributed by atoms with Crippen molar-refractivity contribution in [3.63, 3.8) is 0 Å². The fraction of sp³-hybridized carbons (Fsp3) is 1.00. The third kappa shape index (κ3) is 6.29. The summed E-state index contributed by atoms with van der Waals surface area (Å²) in [6.45, 7) is 4.11. The van der Waals surface area contributed by atoms with Crippen molar-refractivity contribution in [1.82, 2.24) is 0 Å². The standard InChI is InChI=1S/C8H18NO3S/c9-13-7-5-11-3-1-10-2-4-12-6-8-13/h1-9H2/q+1. The molecule has 1 saturated heterocycles. The van der Waals surface area contributed by atoms with Crippen LogP contribution < -0.4 is 5.14 Å². The predicted octanol–water partition coefficient (Wildman–Crippen LogP) is -0.458. The third-order valence-corrected chi connectivity index (χ3v) is 3.11. The fourth-order valence-electron chi connectivity index (χ4n) is 0.976. The largest absolute Gasteiger partial charge is 0.377 e. The molecule has 0 radical (unpaired) electrons. The third-order valence-electron chi connectivity index (χ3n) is 1.72. The van der Waals surface area contributed by atoms with E-state index in [1.807, 2.05) is 0 Å². The van der Waals surface area contributed by atoms with Gasteiger partial charge in [0.15, 0.2) is 11.5 Å². The maximum absolute atomic E-state index is 5.85. The number of nitrogens with two attached hydrogens (primary N) is 1. The highest BCUT2D eigenvalue weighted by molar-refractivity contribution is 7.94. The van der Waals surface area contributed by atoms with Gasteiger partial charge < -0.3 is 14.2 Å². The molecule has 4 nitrogen and oxygen atoms in total. The van der Waals surface area contributed by atoms with Gasteiger partial charge in [-0.2, -0.15) is 5.14 Å². The summed E-state index contributed by atoms with van der Waals surface area (Å²) in [5.41, 5.74) is 0. The molecule has 78 valence electrons. The maximum atomic E-state index is 5.85. The second kappa shape index (κ2) is 7.58. The van der Waals surface area contributed by atoms with Gasteiger partial charge in [-0.1, -0.05) is 0 Å². The summed E-state index contributed by atoms with van der Waals surface area (Å²) >= 11 is -0.0417. The zero-order valence-electron chi connectivity index (χ0n) is 7.87. The SMILES string of the molecule is N[S+]1CCOCCOCCOCC1. The van der Waals surface area contributed by atoms with Gasteiger partial charge in [0, 0.05) is 0 Å². The Balaban J connectivity index is 2.11. The highest BCUT2D eigenvalue weighted by Gasteiger charge is 2.12. The van der Waals surface area contributed by atoms with Crippen molar-refractivity contribution >= 4 is 11.1 Å². The Morgan fingerprint density at radius 2 is 1.08 bits per heavy atom. The Bertz CT molecular complexity index is 114. The second-order valence-corrected chi connectivity index (χ2v) is 4.67. The molecule has 0 unspecified atom stereocenters. The van der Waals surface area contributed by atoms with Crippen molar-refractivity contribution in [3.05, 3.63) is 0 Å². The van der Waals surface area contributed by atoms with Crippen molar-refractivity contribution in [2.24, 2.45) is 5.14 Å². The predicted molar refractivity (Wildman–Crippen MR) is 53.7 cm³/mol. The topological polar surface area (TPSA) is 53.7 Å². The molecule has 2 N–H and O–H groups in total. The molecular formula is C8H18NO3S+. The Kier molecular flexibility index (Phi) is 6.57. The zero-order chi connectivity index (χ0) is 9.36. The van der Waals surface area contributed by atoms with Crippen LogP contribution in [0.1, 0.15) is 0 Å². The highest BCUT2D eigenvalue weighted by atomic mass is 32.2. The molecule has 0 aliphatic carbocycles. The van der Waals surface area contributed by atoms with Crippen LogP contribution in [0.25, 0.3) is 0 Å². The van der Waals surface area contributed by atoms with E-state index in [9.17, 15) is 0 Å². The van der Waals surface area contributed by atoms with Gasteiger partial charge in [0.2, 0.25) is 0 Å². The Hall–Kier alpha value is 0.190.